The van der Waals surface area contributed by atoms with Gasteiger partial charge in [-0.2, -0.15) is 5.10 Å². The van der Waals surface area contributed by atoms with Gasteiger partial charge in [0.2, 0.25) is 0 Å². The number of phenols is 1. The Morgan fingerprint density at radius 3 is 2.91 bits per heavy atom. The van der Waals surface area contributed by atoms with Gasteiger partial charge in [0.1, 0.15) is 11.5 Å². The molecule has 0 aliphatic carbocycles. The Hall–Kier alpha value is -1.32. The largest absolute Gasteiger partial charge is 0.507 e. The van der Waals surface area contributed by atoms with E-state index in [1.165, 1.54) is 6.21 Å². The molecule has 0 bridgehead atoms. The van der Waals surface area contributed by atoms with E-state index in [1.807, 2.05) is 0 Å². The number of phenolic OH excluding ortho intramolecular Hbond substituents is 1. The second-order valence-corrected chi connectivity index (χ2v) is 6.90. The number of amides is 1. The van der Waals surface area contributed by atoms with Gasteiger partial charge >= 0.3 is 0 Å². The lowest BCUT2D eigenvalue weighted by atomic mass is 10.2. The molecule has 8 heteroatoms. The lowest BCUT2D eigenvalue weighted by molar-refractivity contribution is -0.123. The van der Waals surface area contributed by atoms with Crippen LogP contribution in [-0.2, 0) is 4.79 Å². The highest BCUT2D eigenvalue weighted by atomic mass is 127. The highest BCUT2D eigenvalue weighted by Gasteiger charge is 2.05. The molecular weight excluding hydrogens is 498 g/mol. The number of hydrogen-bond acceptors (Lipinski definition) is 4. The molecule has 23 heavy (non-hydrogen) atoms. The molecule has 0 spiro atoms. The van der Waals surface area contributed by atoms with Crippen molar-refractivity contribution in [1.29, 1.82) is 0 Å². The van der Waals surface area contributed by atoms with Crippen LogP contribution in [0.1, 0.15) is 5.56 Å². The lowest BCUT2D eigenvalue weighted by Crippen LogP contribution is -2.24. The van der Waals surface area contributed by atoms with Gasteiger partial charge in [-0.3, -0.25) is 4.79 Å². The predicted molar refractivity (Wildman–Crippen MR) is 101 cm³/mol. The summed E-state index contributed by atoms with van der Waals surface area (Å²) in [6, 6.07) is 10.1. The predicted octanol–water partition coefficient (Wildman–Crippen LogP) is 3.94. The fourth-order valence-electron chi connectivity index (χ4n) is 1.57. The van der Waals surface area contributed by atoms with Crippen molar-refractivity contribution in [3.05, 3.63) is 55.0 Å². The number of ether oxygens (including phenoxy) is 1. The summed E-state index contributed by atoms with van der Waals surface area (Å²) in [6.45, 7) is -0.199. The molecule has 0 radical (unpaired) electrons. The molecular formula is C15H11BrClIN2O3. The van der Waals surface area contributed by atoms with Crippen molar-refractivity contribution in [3.63, 3.8) is 0 Å². The zero-order chi connectivity index (χ0) is 16.8. The maximum absolute atomic E-state index is 11.7. The van der Waals surface area contributed by atoms with Gasteiger partial charge in [-0.15, -0.1) is 0 Å². The lowest BCUT2D eigenvalue weighted by Gasteiger charge is -2.07. The molecule has 0 unspecified atom stereocenters. The van der Waals surface area contributed by atoms with Crippen LogP contribution in [0.5, 0.6) is 11.5 Å². The first-order valence-electron chi connectivity index (χ1n) is 6.34. The van der Waals surface area contributed by atoms with E-state index in [0.29, 0.717) is 20.8 Å². The summed E-state index contributed by atoms with van der Waals surface area (Å²) in [6.07, 6.45) is 1.37. The van der Waals surface area contributed by atoms with Gasteiger partial charge in [-0.25, -0.2) is 5.43 Å². The molecule has 2 aromatic rings. The standard InChI is InChI=1S/C15H11BrClIN2O3/c16-12-6-10(17)1-4-14(12)23-8-15(22)20-19-7-9-5-11(18)2-3-13(9)21/h1-7,21H,8H2,(H,20,22)/b19-7+. The van der Waals surface area contributed by atoms with Crippen molar-refractivity contribution in [3.8, 4) is 11.5 Å². The average molecular weight is 510 g/mol. The van der Waals surface area contributed by atoms with Crippen LogP contribution in [0.25, 0.3) is 0 Å². The molecule has 5 nitrogen and oxygen atoms in total. The summed E-state index contributed by atoms with van der Waals surface area (Å²) in [7, 11) is 0. The molecule has 120 valence electrons. The SMILES string of the molecule is O=C(COc1ccc(Cl)cc1Br)N/N=C/c1cc(I)ccc1O. The number of rotatable bonds is 5. The number of halogens is 3. The number of hydrazone groups is 1. The number of benzene rings is 2. The van der Waals surface area contributed by atoms with E-state index >= 15 is 0 Å². The first-order chi connectivity index (χ1) is 11.0. The average Bonchev–Trinajstić information content (AvgIpc) is 2.50. The third kappa shape index (κ3) is 5.67. The van der Waals surface area contributed by atoms with Crippen LogP contribution in [0.3, 0.4) is 0 Å². The van der Waals surface area contributed by atoms with Gasteiger partial charge in [0.25, 0.3) is 5.91 Å². The Kier molecular flexibility index (Phi) is 6.67. The van der Waals surface area contributed by atoms with Gasteiger partial charge in [-0.1, -0.05) is 11.6 Å². The summed E-state index contributed by atoms with van der Waals surface area (Å²) >= 11 is 11.2. The van der Waals surface area contributed by atoms with Crippen molar-refractivity contribution in [1.82, 2.24) is 5.43 Å². The van der Waals surface area contributed by atoms with Crippen molar-refractivity contribution in [2.75, 3.05) is 6.61 Å². The summed E-state index contributed by atoms with van der Waals surface area (Å²) in [5.41, 5.74) is 2.84. The van der Waals surface area contributed by atoms with E-state index in [1.54, 1.807) is 36.4 Å². The number of carbonyl (C=O) groups is 1. The molecule has 0 saturated heterocycles. The minimum atomic E-state index is -0.423. The van der Waals surface area contributed by atoms with E-state index in [4.69, 9.17) is 16.3 Å². The maximum Gasteiger partial charge on any atom is 0.277 e. The van der Waals surface area contributed by atoms with Crippen LogP contribution in [0, 0.1) is 3.57 Å². The summed E-state index contributed by atoms with van der Waals surface area (Å²) < 4.78 is 6.96. The topological polar surface area (TPSA) is 70.9 Å². The highest BCUT2D eigenvalue weighted by Crippen LogP contribution is 2.27. The molecule has 0 heterocycles. The molecule has 2 N–H and O–H groups in total. The van der Waals surface area contributed by atoms with Crippen molar-refractivity contribution >= 4 is 62.2 Å². The van der Waals surface area contributed by atoms with E-state index in [2.05, 4.69) is 49.0 Å². The summed E-state index contributed by atoms with van der Waals surface area (Å²) in [5.74, 6) is 0.168. The van der Waals surface area contributed by atoms with Crippen LogP contribution in [0.4, 0.5) is 0 Å². The van der Waals surface area contributed by atoms with Gasteiger partial charge in [0.05, 0.1) is 10.7 Å². The Labute approximate surface area is 160 Å². The number of hydrogen-bond donors (Lipinski definition) is 2. The van der Waals surface area contributed by atoms with Crippen LogP contribution in [0.15, 0.2) is 46.0 Å². The second-order valence-electron chi connectivity index (χ2n) is 4.36. The van der Waals surface area contributed by atoms with Gasteiger partial charge in [0, 0.05) is 14.2 Å². The monoisotopic (exact) mass is 508 g/mol. The minimum absolute atomic E-state index is 0.0877. The third-order valence-corrected chi connectivity index (χ3v) is 4.16. The summed E-state index contributed by atoms with van der Waals surface area (Å²) in [5, 5.41) is 14.0. The molecule has 0 atom stereocenters. The molecule has 0 aliphatic heterocycles. The Morgan fingerprint density at radius 1 is 1.39 bits per heavy atom. The minimum Gasteiger partial charge on any atom is -0.507 e. The number of carbonyl (C=O) groups excluding carboxylic acids is 1. The van der Waals surface area contributed by atoms with E-state index < -0.39 is 5.91 Å². The fraction of sp³-hybridized carbons (Fsp3) is 0.0667. The van der Waals surface area contributed by atoms with Crippen LogP contribution in [-0.4, -0.2) is 23.8 Å². The molecule has 2 aromatic carbocycles. The first kappa shape index (κ1) is 18.0. The Balaban J connectivity index is 1.87. The van der Waals surface area contributed by atoms with Crippen molar-refractivity contribution in [2.45, 2.75) is 0 Å². The molecule has 0 aromatic heterocycles. The van der Waals surface area contributed by atoms with E-state index in [0.717, 1.165) is 3.57 Å². The van der Waals surface area contributed by atoms with Crippen LogP contribution >= 0.6 is 50.1 Å². The first-order valence-corrected chi connectivity index (χ1v) is 8.59. The summed E-state index contributed by atoms with van der Waals surface area (Å²) in [4.78, 5) is 11.7. The van der Waals surface area contributed by atoms with Gasteiger partial charge < -0.3 is 9.84 Å². The van der Waals surface area contributed by atoms with E-state index in [-0.39, 0.29) is 12.4 Å². The molecule has 2 rings (SSSR count). The number of aromatic hydroxyl groups is 1. The maximum atomic E-state index is 11.7. The Morgan fingerprint density at radius 2 is 2.17 bits per heavy atom. The smallest absolute Gasteiger partial charge is 0.277 e. The zero-order valence-corrected chi connectivity index (χ0v) is 16.1. The second kappa shape index (κ2) is 8.51. The highest BCUT2D eigenvalue weighted by molar-refractivity contribution is 14.1. The molecule has 0 saturated carbocycles. The van der Waals surface area contributed by atoms with Crippen LogP contribution in [0.2, 0.25) is 5.02 Å². The number of nitrogens with one attached hydrogen (secondary N) is 1. The zero-order valence-electron chi connectivity index (χ0n) is 11.6. The van der Waals surface area contributed by atoms with Crippen molar-refractivity contribution < 1.29 is 14.6 Å². The van der Waals surface area contributed by atoms with Crippen molar-refractivity contribution in [2.24, 2.45) is 5.10 Å². The van der Waals surface area contributed by atoms with Gasteiger partial charge in [0.15, 0.2) is 6.61 Å². The number of nitrogens with zero attached hydrogens (tertiary/aromatic N) is 1. The molecule has 1 amide bonds. The Bertz CT molecular complexity index is 755. The third-order valence-electron chi connectivity index (χ3n) is 2.64. The normalized spacial score (nSPS) is 10.7. The molecule has 0 fully saturated rings. The fourth-order valence-corrected chi connectivity index (χ4v) is 2.88. The van der Waals surface area contributed by atoms with Crippen LogP contribution < -0.4 is 10.2 Å². The van der Waals surface area contributed by atoms with E-state index in [9.17, 15) is 9.90 Å². The quantitative estimate of drug-likeness (QED) is 0.365. The van der Waals surface area contributed by atoms with Gasteiger partial charge in [-0.05, 0) is 74.9 Å². The molecule has 0 aliphatic rings.